The van der Waals surface area contributed by atoms with E-state index in [1.165, 1.54) is 13.1 Å². The molecular formula is C27H29ClN2O6S. The lowest BCUT2D eigenvalue weighted by Crippen LogP contribution is -2.45. The number of anilines is 1. The van der Waals surface area contributed by atoms with Gasteiger partial charge in [-0.05, 0) is 85.3 Å². The van der Waals surface area contributed by atoms with E-state index in [0.717, 1.165) is 16.0 Å². The van der Waals surface area contributed by atoms with Crippen molar-refractivity contribution in [1.82, 2.24) is 4.90 Å². The number of hydrogen-bond donors (Lipinski definition) is 3. The molecule has 0 spiro atoms. The predicted octanol–water partition coefficient (Wildman–Crippen LogP) is 4.56. The Balaban J connectivity index is 1.94. The van der Waals surface area contributed by atoms with Crippen molar-refractivity contribution in [2.24, 2.45) is 0 Å². The summed E-state index contributed by atoms with van der Waals surface area (Å²) >= 11 is 6.12. The van der Waals surface area contributed by atoms with Gasteiger partial charge in [0, 0.05) is 23.3 Å². The fourth-order valence-corrected chi connectivity index (χ4v) is 5.75. The Hall–Kier alpha value is -3.40. The van der Waals surface area contributed by atoms with Crippen LogP contribution >= 0.6 is 11.6 Å². The molecular weight excluding hydrogens is 516 g/mol. The molecule has 10 heteroatoms. The fraction of sp³-hybridized carbons (Fsp3) is 0.259. The van der Waals surface area contributed by atoms with Crippen molar-refractivity contribution in [1.29, 1.82) is 0 Å². The molecule has 0 saturated heterocycles. The van der Waals surface area contributed by atoms with Crippen LogP contribution in [-0.4, -0.2) is 55.1 Å². The lowest BCUT2D eigenvalue weighted by Gasteiger charge is -2.25. The summed E-state index contributed by atoms with van der Waals surface area (Å²) in [6.45, 7) is 6.20. The van der Waals surface area contributed by atoms with Gasteiger partial charge in [0.1, 0.15) is 0 Å². The SMILES string of the molecule is Cc1cc(S(=O)(=O)Nc2cccc(-c3cc(C)c(C(=O)N(C)C(CO)C(=O)O)c(C)c3)c2)c(C)cc1Cl. The smallest absolute Gasteiger partial charge is 0.328 e. The highest BCUT2D eigenvalue weighted by atomic mass is 35.5. The maximum atomic E-state index is 13.1. The van der Waals surface area contributed by atoms with E-state index in [1.54, 1.807) is 64.1 Å². The zero-order chi connectivity index (χ0) is 27.7. The number of rotatable bonds is 8. The monoisotopic (exact) mass is 544 g/mol. The molecule has 3 rings (SSSR count). The number of sulfonamides is 1. The van der Waals surface area contributed by atoms with Gasteiger partial charge in [-0.25, -0.2) is 13.2 Å². The van der Waals surface area contributed by atoms with Gasteiger partial charge in [-0.15, -0.1) is 0 Å². The quantitative estimate of drug-likeness (QED) is 0.382. The number of carboxylic acids is 1. The van der Waals surface area contributed by atoms with Gasteiger partial charge in [-0.3, -0.25) is 9.52 Å². The highest BCUT2D eigenvalue weighted by molar-refractivity contribution is 7.92. The maximum absolute atomic E-state index is 13.1. The van der Waals surface area contributed by atoms with Gasteiger partial charge in [-0.1, -0.05) is 35.9 Å². The summed E-state index contributed by atoms with van der Waals surface area (Å²) in [5.74, 6) is -1.81. The van der Waals surface area contributed by atoms with Crippen molar-refractivity contribution in [3.8, 4) is 11.1 Å². The summed E-state index contributed by atoms with van der Waals surface area (Å²) in [7, 11) is -2.53. The lowest BCUT2D eigenvalue weighted by atomic mass is 9.94. The van der Waals surface area contributed by atoms with Gasteiger partial charge in [0.2, 0.25) is 0 Å². The molecule has 1 unspecified atom stereocenters. The number of aliphatic carboxylic acids is 1. The zero-order valence-corrected chi connectivity index (χ0v) is 22.7. The molecule has 37 heavy (non-hydrogen) atoms. The largest absolute Gasteiger partial charge is 0.480 e. The van der Waals surface area contributed by atoms with E-state index in [9.17, 15) is 28.2 Å². The van der Waals surface area contributed by atoms with E-state index in [0.29, 0.717) is 38.5 Å². The third kappa shape index (κ3) is 5.95. The topological polar surface area (TPSA) is 124 Å². The summed E-state index contributed by atoms with van der Waals surface area (Å²) in [4.78, 5) is 25.6. The second-order valence-corrected chi connectivity index (χ2v) is 11.0. The van der Waals surface area contributed by atoms with Gasteiger partial charge in [0.05, 0.1) is 11.5 Å². The highest BCUT2D eigenvalue weighted by Crippen LogP contribution is 2.30. The van der Waals surface area contributed by atoms with E-state index in [-0.39, 0.29) is 4.90 Å². The van der Waals surface area contributed by atoms with Gasteiger partial charge in [0.25, 0.3) is 15.9 Å². The maximum Gasteiger partial charge on any atom is 0.328 e. The normalized spacial score (nSPS) is 12.2. The minimum atomic E-state index is -3.87. The van der Waals surface area contributed by atoms with Crippen LogP contribution in [0.2, 0.25) is 5.02 Å². The molecule has 0 heterocycles. The Morgan fingerprint density at radius 2 is 1.57 bits per heavy atom. The first-order valence-corrected chi connectivity index (χ1v) is 13.2. The van der Waals surface area contributed by atoms with Crippen LogP contribution in [0.1, 0.15) is 32.6 Å². The number of hydrogen-bond acceptors (Lipinski definition) is 5. The second kappa shape index (κ2) is 10.9. The zero-order valence-electron chi connectivity index (χ0n) is 21.2. The molecule has 8 nitrogen and oxygen atoms in total. The van der Waals surface area contributed by atoms with Crippen molar-refractivity contribution >= 4 is 39.2 Å². The number of aliphatic hydroxyl groups is 1. The number of halogens is 1. The number of benzene rings is 3. The van der Waals surface area contributed by atoms with Crippen molar-refractivity contribution in [3.63, 3.8) is 0 Å². The van der Waals surface area contributed by atoms with Crippen molar-refractivity contribution in [2.45, 2.75) is 38.6 Å². The summed E-state index contributed by atoms with van der Waals surface area (Å²) in [6, 6.07) is 12.3. The number of carbonyl (C=O) groups excluding carboxylic acids is 1. The predicted molar refractivity (Wildman–Crippen MR) is 144 cm³/mol. The van der Waals surface area contributed by atoms with Crippen LogP contribution < -0.4 is 4.72 Å². The molecule has 0 aliphatic rings. The van der Waals surface area contributed by atoms with E-state index >= 15 is 0 Å². The molecule has 196 valence electrons. The molecule has 3 aromatic carbocycles. The van der Waals surface area contributed by atoms with E-state index in [2.05, 4.69) is 4.72 Å². The van der Waals surface area contributed by atoms with Crippen LogP contribution in [0, 0.1) is 27.7 Å². The first kappa shape index (κ1) is 28.2. The minimum Gasteiger partial charge on any atom is -0.480 e. The van der Waals surface area contributed by atoms with Crippen LogP contribution in [-0.2, 0) is 14.8 Å². The Morgan fingerprint density at radius 3 is 2.14 bits per heavy atom. The first-order chi connectivity index (χ1) is 17.3. The van der Waals surface area contributed by atoms with Gasteiger partial charge in [0.15, 0.2) is 6.04 Å². The summed E-state index contributed by atoms with van der Waals surface area (Å²) < 4.78 is 28.8. The fourth-order valence-electron chi connectivity index (χ4n) is 4.17. The second-order valence-electron chi connectivity index (χ2n) is 8.99. The van der Waals surface area contributed by atoms with Gasteiger partial charge in [-0.2, -0.15) is 0 Å². The van der Waals surface area contributed by atoms with Crippen LogP contribution in [0.5, 0.6) is 0 Å². The van der Waals surface area contributed by atoms with Crippen LogP contribution in [0.3, 0.4) is 0 Å². The number of likely N-dealkylation sites (N-methyl/N-ethyl adjacent to an activating group) is 1. The third-order valence-corrected chi connectivity index (χ3v) is 8.12. The number of nitrogens with one attached hydrogen (secondary N) is 1. The van der Waals surface area contributed by atoms with Crippen molar-refractivity contribution in [2.75, 3.05) is 18.4 Å². The van der Waals surface area contributed by atoms with E-state index < -0.39 is 34.5 Å². The lowest BCUT2D eigenvalue weighted by molar-refractivity contribution is -0.143. The van der Waals surface area contributed by atoms with Gasteiger partial charge < -0.3 is 15.1 Å². The summed E-state index contributed by atoms with van der Waals surface area (Å²) in [6.07, 6.45) is 0. The molecule has 3 N–H and O–H groups in total. The average molecular weight is 545 g/mol. The molecule has 0 aliphatic carbocycles. The molecule has 0 bridgehead atoms. The van der Waals surface area contributed by atoms with Crippen molar-refractivity contribution in [3.05, 3.63) is 81.4 Å². The Labute approximate surface area is 221 Å². The van der Waals surface area contributed by atoms with Crippen LogP contribution in [0.15, 0.2) is 53.4 Å². The Bertz CT molecular complexity index is 1460. The number of carboxylic acid groups (broad SMARTS) is 1. The molecule has 1 amide bonds. The molecule has 0 aliphatic heterocycles. The average Bonchev–Trinajstić information content (AvgIpc) is 2.80. The molecule has 0 radical (unpaired) electrons. The number of carbonyl (C=O) groups is 2. The standard InChI is InChI=1S/C27H29ClN2O6S/c1-15-12-24(16(2)11-22(15)28)37(35,36)29-21-8-6-7-19(13-21)20-9-17(3)25(18(4)10-20)26(32)30(5)23(14-31)27(33)34/h6-13,23,29,31H,14H2,1-5H3,(H,33,34). The Morgan fingerprint density at radius 1 is 0.946 bits per heavy atom. The molecule has 3 aromatic rings. The number of aryl methyl sites for hydroxylation is 4. The summed E-state index contributed by atoms with van der Waals surface area (Å²) in [5, 5.41) is 19.2. The molecule has 1 atom stereocenters. The summed E-state index contributed by atoms with van der Waals surface area (Å²) in [5.41, 5.74) is 4.61. The van der Waals surface area contributed by atoms with E-state index in [4.69, 9.17) is 11.6 Å². The minimum absolute atomic E-state index is 0.140. The molecule has 0 fully saturated rings. The van der Waals surface area contributed by atoms with Crippen LogP contribution in [0.25, 0.3) is 11.1 Å². The highest BCUT2D eigenvalue weighted by Gasteiger charge is 2.28. The van der Waals surface area contributed by atoms with Gasteiger partial charge >= 0.3 is 5.97 Å². The number of aliphatic hydroxyl groups excluding tert-OH is 1. The number of nitrogens with zero attached hydrogens (tertiary/aromatic N) is 1. The number of amides is 1. The molecule has 0 aromatic heterocycles. The molecule has 0 saturated carbocycles. The third-order valence-electron chi connectivity index (χ3n) is 6.19. The first-order valence-electron chi connectivity index (χ1n) is 11.4. The van der Waals surface area contributed by atoms with Crippen molar-refractivity contribution < 1.29 is 28.2 Å². The van der Waals surface area contributed by atoms with Crippen LogP contribution in [0.4, 0.5) is 5.69 Å². The van der Waals surface area contributed by atoms with E-state index in [1.807, 2.05) is 6.07 Å². The Kier molecular flexibility index (Phi) is 8.32.